The first-order chi connectivity index (χ1) is 20.4. The number of ether oxygens (including phenoxy) is 2. The van der Waals surface area contributed by atoms with E-state index in [9.17, 15) is 14.0 Å². The van der Waals surface area contributed by atoms with Crippen molar-refractivity contribution in [3.8, 4) is 45.1 Å². The number of benzene rings is 4. The van der Waals surface area contributed by atoms with Crippen LogP contribution in [0.3, 0.4) is 0 Å². The Hall–Kier alpha value is -5.01. The molecule has 5 aromatic rings. The van der Waals surface area contributed by atoms with Gasteiger partial charge in [-0.15, -0.1) is 0 Å². The van der Waals surface area contributed by atoms with Gasteiger partial charge in [0.2, 0.25) is 0 Å². The number of carbonyl (C=O) groups excluding carboxylic acids is 2. The van der Waals surface area contributed by atoms with Crippen LogP contribution in [-0.4, -0.2) is 36.9 Å². The van der Waals surface area contributed by atoms with Crippen LogP contribution in [0.25, 0.3) is 33.6 Å². The van der Waals surface area contributed by atoms with Gasteiger partial charge in [-0.3, -0.25) is 14.5 Å². The lowest BCUT2D eigenvalue weighted by Crippen LogP contribution is -2.42. The maximum Gasteiger partial charge on any atom is 0.265 e. The fourth-order valence-corrected chi connectivity index (χ4v) is 4.93. The van der Waals surface area contributed by atoms with Gasteiger partial charge in [0.1, 0.15) is 17.3 Å². The van der Waals surface area contributed by atoms with E-state index in [1.807, 2.05) is 42.5 Å². The predicted molar refractivity (Wildman–Crippen MR) is 161 cm³/mol. The maximum absolute atomic E-state index is 13.7. The summed E-state index contributed by atoms with van der Waals surface area (Å²) in [5, 5.41) is 0.621. The second kappa shape index (κ2) is 11.5. The number of fused-ring (bicyclic) bond motifs is 1. The van der Waals surface area contributed by atoms with Gasteiger partial charge in [-0.2, -0.15) is 0 Å². The number of hydrogen-bond acceptors (Lipinski definition) is 5. The van der Waals surface area contributed by atoms with Crippen LogP contribution in [0.1, 0.15) is 10.4 Å². The quantitative estimate of drug-likeness (QED) is 0.187. The molecule has 0 fully saturated rings. The number of anilines is 1. The van der Waals surface area contributed by atoms with Crippen molar-refractivity contribution in [1.29, 1.82) is 0 Å². The fourth-order valence-electron chi connectivity index (χ4n) is 4.80. The minimum Gasteiger partial charge on any atom is -0.497 e. The second-order valence-corrected chi connectivity index (χ2v) is 10.2. The number of pyridine rings is 1. The van der Waals surface area contributed by atoms with Crippen LogP contribution in [0.5, 0.6) is 11.5 Å². The first-order valence-corrected chi connectivity index (χ1v) is 13.5. The van der Waals surface area contributed by atoms with Gasteiger partial charge >= 0.3 is 0 Å². The van der Waals surface area contributed by atoms with Crippen LogP contribution in [0, 0.1) is 5.82 Å². The molecule has 1 aliphatic heterocycles. The molecule has 6 rings (SSSR count). The lowest BCUT2D eigenvalue weighted by atomic mass is 9.99. The summed E-state index contributed by atoms with van der Waals surface area (Å²) in [6.45, 7) is -0.314. The molecular weight excluding hydrogens is 555 g/mol. The SMILES string of the molecule is COc1ccc(C(=O)CN2C(=O)COc3ccc(-c4cc(-c5ccc(Cl)cc5)cc(-c5ccc(F)cc5)n4)cc32)cc1. The Kier molecular flexibility index (Phi) is 7.42. The molecule has 6 nitrogen and oxygen atoms in total. The minimum atomic E-state index is -0.337. The largest absolute Gasteiger partial charge is 0.497 e. The van der Waals surface area contributed by atoms with Crippen molar-refractivity contribution in [1.82, 2.24) is 4.98 Å². The van der Waals surface area contributed by atoms with Crippen LogP contribution in [0.2, 0.25) is 5.02 Å². The number of methoxy groups -OCH3 is 1. The normalized spacial score (nSPS) is 12.5. The van der Waals surface area contributed by atoms with Crippen LogP contribution < -0.4 is 14.4 Å². The monoisotopic (exact) mass is 578 g/mol. The number of halogens is 2. The van der Waals surface area contributed by atoms with E-state index < -0.39 is 0 Å². The first-order valence-electron chi connectivity index (χ1n) is 13.2. The Morgan fingerprint density at radius 1 is 0.857 bits per heavy atom. The maximum atomic E-state index is 13.7. The van der Waals surface area contributed by atoms with E-state index in [1.165, 1.54) is 17.0 Å². The fraction of sp³-hybridized carbons (Fsp3) is 0.0882. The number of rotatable bonds is 7. The highest BCUT2D eigenvalue weighted by atomic mass is 35.5. The average molecular weight is 579 g/mol. The Balaban J connectivity index is 1.40. The molecule has 208 valence electrons. The van der Waals surface area contributed by atoms with Gasteiger partial charge in [-0.05, 0) is 102 Å². The summed E-state index contributed by atoms with van der Waals surface area (Å²) in [5.74, 6) is 0.254. The van der Waals surface area contributed by atoms with Gasteiger partial charge < -0.3 is 9.47 Å². The molecule has 1 aliphatic rings. The van der Waals surface area contributed by atoms with Crippen molar-refractivity contribution in [3.63, 3.8) is 0 Å². The molecule has 0 atom stereocenters. The van der Waals surface area contributed by atoms with E-state index >= 15 is 0 Å². The zero-order valence-corrected chi connectivity index (χ0v) is 23.3. The highest BCUT2D eigenvalue weighted by Crippen LogP contribution is 2.38. The molecule has 4 aromatic carbocycles. The van der Waals surface area contributed by atoms with Crippen LogP contribution in [0.4, 0.5) is 10.1 Å². The van der Waals surface area contributed by atoms with Gasteiger partial charge in [0.25, 0.3) is 5.91 Å². The van der Waals surface area contributed by atoms with E-state index in [1.54, 1.807) is 55.6 Å². The Labute approximate surface area is 246 Å². The minimum absolute atomic E-state index is 0.149. The average Bonchev–Trinajstić information content (AvgIpc) is 3.02. The topological polar surface area (TPSA) is 68.7 Å². The molecule has 1 aromatic heterocycles. The molecular formula is C34H24ClFN2O4. The van der Waals surface area contributed by atoms with Crippen molar-refractivity contribution in [2.24, 2.45) is 0 Å². The van der Waals surface area contributed by atoms with E-state index in [4.69, 9.17) is 26.1 Å². The summed E-state index contributed by atoms with van der Waals surface area (Å²) in [6.07, 6.45) is 0. The number of aromatic nitrogens is 1. The van der Waals surface area contributed by atoms with Crippen molar-refractivity contribution >= 4 is 29.0 Å². The summed E-state index contributed by atoms with van der Waals surface area (Å²) in [6, 6.07) is 29.7. The van der Waals surface area contributed by atoms with E-state index in [2.05, 4.69) is 0 Å². The molecule has 0 N–H and O–H groups in total. The Morgan fingerprint density at radius 2 is 1.50 bits per heavy atom. The van der Waals surface area contributed by atoms with E-state index in [0.717, 1.165) is 16.7 Å². The van der Waals surface area contributed by atoms with Crippen LogP contribution >= 0.6 is 11.6 Å². The highest BCUT2D eigenvalue weighted by molar-refractivity contribution is 6.30. The molecule has 0 bridgehead atoms. The summed E-state index contributed by atoms with van der Waals surface area (Å²) in [4.78, 5) is 32.5. The van der Waals surface area contributed by atoms with Crippen LogP contribution in [0.15, 0.2) is 103 Å². The van der Waals surface area contributed by atoms with Gasteiger partial charge in [0.15, 0.2) is 12.4 Å². The summed E-state index contributed by atoms with van der Waals surface area (Å²) < 4.78 is 24.6. The van der Waals surface area contributed by atoms with Gasteiger partial charge in [-0.25, -0.2) is 9.37 Å². The van der Waals surface area contributed by atoms with Crippen molar-refractivity contribution in [3.05, 3.63) is 120 Å². The molecule has 0 spiro atoms. The smallest absolute Gasteiger partial charge is 0.265 e. The van der Waals surface area contributed by atoms with Gasteiger partial charge in [0.05, 0.1) is 30.7 Å². The number of carbonyl (C=O) groups is 2. The number of hydrogen-bond donors (Lipinski definition) is 0. The van der Waals surface area contributed by atoms with Gasteiger partial charge in [0, 0.05) is 21.7 Å². The van der Waals surface area contributed by atoms with E-state index in [0.29, 0.717) is 44.7 Å². The molecule has 0 unspecified atom stereocenters. The molecule has 8 heteroatoms. The lowest BCUT2D eigenvalue weighted by molar-refractivity contribution is -0.121. The number of amides is 1. The third-order valence-electron chi connectivity index (χ3n) is 7.05. The Morgan fingerprint density at radius 3 is 2.19 bits per heavy atom. The second-order valence-electron chi connectivity index (χ2n) is 9.74. The number of Topliss-reactive ketones (excluding diaryl/α,β-unsaturated/α-hetero) is 1. The predicted octanol–water partition coefficient (Wildman–Crippen LogP) is 7.49. The van der Waals surface area contributed by atoms with Crippen molar-refractivity contribution in [2.75, 3.05) is 25.2 Å². The number of ketones is 1. The standard InChI is InChI=1S/C34H24ClFN2O4/c1-41-28-13-6-23(7-14-28)32(39)19-38-31-18-24(8-15-33(31)42-20-34(38)40)30-17-25(21-2-9-26(35)10-3-21)16-29(37-30)22-4-11-27(36)12-5-22/h2-18H,19-20H2,1H3. The van der Waals surface area contributed by atoms with Crippen LogP contribution in [-0.2, 0) is 4.79 Å². The highest BCUT2D eigenvalue weighted by Gasteiger charge is 2.28. The third-order valence-corrected chi connectivity index (χ3v) is 7.31. The van der Waals surface area contributed by atoms with Crippen molar-refractivity contribution in [2.45, 2.75) is 0 Å². The summed E-state index contributed by atoms with van der Waals surface area (Å²) in [7, 11) is 1.56. The molecule has 0 radical (unpaired) electrons. The molecule has 2 heterocycles. The molecule has 42 heavy (non-hydrogen) atoms. The summed E-state index contributed by atoms with van der Waals surface area (Å²) >= 11 is 6.13. The zero-order chi connectivity index (χ0) is 29.2. The summed E-state index contributed by atoms with van der Waals surface area (Å²) in [5.41, 5.74) is 5.49. The molecule has 1 amide bonds. The zero-order valence-electron chi connectivity index (χ0n) is 22.5. The molecule has 0 saturated heterocycles. The number of nitrogens with zero attached hydrogens (tertiary/aromatic N) is 2. The lowest BCUT2D eigenvalue weighted by Gasteiger charge is -2.29. The molecule has 0 saturated carbocycles. The first kappa shape index (κ1) is 27.2. The molecule has 0 aliphatic carbocycles. The van der Waals surface area contributed by atoms with E-state index in [-0.39, 0.29) is 30.7 Å². The van der Waals surface area contributed by atoms with Gasteiger partial charge in [-0.1, -0.05) is 23.7 Å². The Bertz CT molecular complexity index is 1730. The third kappa shape index (κ3) is 5.60. The van der Waals surface area contributed by atoms with Crippen molar-refractivity contribution < 1.29 is 23.5 Å².